The lowest BCUT2D eigenvalue weighted by molar-refractivity contribution is -0.137. The van der Waals surface area contributed by atoms with Crippen molar-refractivity contribution in [1.82, 2.24) is 4.57 Å². The van der Waals surface area contributed by atoms with Crippen molar-refractivity contribution in [3.8, 4) is 23.1 Å². The van der Waals surface area contributed by atoms with Crippen molar-refractivity contribution in [2.75, 3.05) is 0 Å². The average Bonchev–Trinajstić information content (AvgIpc) is 2.64. The summed E-state index contributed by atoms with van der Waals surface area (Å²) in [7, 11) is 0. The molecule has 0 radical (unpaired) electrons. The van der Waals surface area contributed by atoms with E-state index in [1.54, 1.807) is 6.07 Å². The third kappa shape index (κ3) is 4.24. The van der Waals surface area contributed by atoms with Crippen molar-refractivity contribution >= 4 is 23.2 Å². The van der Waals surface area contributed by atoms with Gasteiger partial charge in [0.15, 0.2) is 0 Å². The van der Waals surface area contributed by atoms with E-state index in [-0.39, 0.29) is 28.6 Å². The molecule has 0 saturated carbocycles. The maximum atomic E-state index is 13.5. The molecule has 1 aromatic heterocycles. The SMILES string of the molecule is N#Cc1c(C(F)(F)F)cc(-c2ccc(O)cc2)n(Cc2ccc(Cl)cc2Cl)c1=O. The summed E-state index contributed by atoms with van der Waals surface area (Å²) in [4.78, 5) is 12.8. The number of nitriles is 1. The second-order valence-electron chi connectivity index (χ2n) is 6.10. The number of rotatable bonds is 3. The smallest absolute Gasteiger partial charge is 0.417 e. The summed E-state index contributed by atoms with van der Waals surface area (Å²) in [5, 5.41) is 19.2. The van der Waals surface area contributed by atoms with E-state index >= 15 is 0 Å². The van der Waals surface area contributed by atoms with Crippen molar-refractivity contribution in [2.45, 2.75) is 12.7 Å². The minimum Gasteiger partial charge on any atom is -0.508 e. The number of aromatic nitrogens is 1. The zero-order chi connectivity index (χ0) is 21.3. The van der Waals surface area contributed by atoms with Gasteiger partial charge in [0.05, 0.1) is 17.8 Å². The molecule has 0 aliphatic heterocycles. The minimum absolute atomic E-state index is 0.0765. The molecular weight excluding hydrogens is 428 g/mol. The lowest BCUT2D eigenvalue weighted by atomic mass is 10.0. The van der Waals surface area contributed by atoms with Crippen molar-refractivity contribution < 1.29 is 18.3 Å². The maximum absolute atomic E-state index is 13.5. The van der Waals surface area contributed by atoms with Crippen molar-refractivity contribution in [3.63, 3.8) is 0 Å². The molecule has 0 aliphatic carbocycles. The molecule has 148 valence electrons. The van der Waals surface area contributed by atoms with Crippen molar-refractivity contribution in [2.24, 2.45) is 0 Å². The van der Waals surface area contributed by atoms with Gasteiger partial charge in [-0.15, -0.1) is 0 Å². The summed E-state index contributed by atoms with van der Waals surface area (Å²) < 4.78 is 41.4. The molecule has 29 heavy (non-hydrogen) atoms. The van der Waals surface area contributed by atoms with Gasteiger partial charge in [-0.2, -0.15) is 18.4 Å². The van der Waals surface area contributed by atoms with Crippen molar-refractivity contribution in [3.05, 3.63) is 85.6 Å². The number of nitrogens with zero attached hydrogens (tertiary/aromatic N) is 2. The number of halogens is 5. The fourth-order valence-corrected chi connectivity index (χ4v) is 3.29. The first-order valence-corrected chi connectivity index (χ1v) is 8.86. The molecule has 1 heterocycles. The van der Waals surface area contributed by atoms with Crippen LogP contribution >= 0.6 is 23.2 Å². The van der Waals surface area contributed by atoms with Gasteiger partial charge in [-0.1, -0.05) is 29.3 Å². The molecule has 4 nitrogen and oxygen atoms in total. The predicted octanol–water partition coefficient (Wildman–Crippen LogP) is 5.47. The summed E-state index contributed by atoms with van der Waals surface area (Å²) in [6.45, 7) is -0.183. The van der Waals surface area contributed by atoms with Gasteiger partial charge in [0.25, 0.3) is 5.56 Å². The number of alkyl halides is 3. The first-order valence-electron chi connectivity index (χ1n) is 8.10. The molecule has 2 aromatic carbocycles. The summed E-state index contributed by atoms with van der Waals surface area (Å²) in [6, 6.07) is 11.9. The summed E-state index contributed by atoms with van der Waals surface area (Å²) in [5.41, 5.74) is -2.83. The molecule has 0 amide bonds. The Morgan fingerprint density at radius 3 is 2.28 bits per heavy atom. The van der Waals surface area contributed by atoms with Crippen molar-refractivity contribution in [1.29, 1.82) is 5.26 Å². The van der Waals surface area contributed by atoms with Crippen LogP contribution in [0, 0.1) is 11.3 Å². The first-order chi connectivity index (χ1) is 13.6. The van der Waals surface area contributed by atoms with E-state index < -0.39 is 22.9 Å². The van der Waals surface area contributed by atoms with Gasteiger partial charge in [-0.25, -0.2) is 0 Å². The number of phenols is 1. The van der Waals surface area contributed by atoms with Gasteiger partial charge in [0.1, 0.15) is 17.4 Å². The van der Waals surface area contributed by atoms with Crippen LogP contribution in [0.5, 0.6) is 5.75 Å². The normalized spacial score (nSPS) is 11.3. The highest BCUT2D eigenvalue weighted by atomic mass is 35.5. The predicted molar refractivity (Wildman–Crippen MR) is 103 cm³/mol. The molecule has 3 rings (SSSR count). The Hall–Kier alpha value is -2.95. The Morgan fingerprint density at radius 1 is 1.07 bits per heavy atom. The van der Waals surface area contributed by atoms with Crippen LogP contribution in [0.2, 0.25) is 10.0 Å². The van der Waals surface area contributed by atoms with E-state index in [0.717, 1.165) is 10.6 Å². The monoisotopic (exact) mass is 438 g/mol. The van der Waals surface area contributed by atoms with Crippen LogP contribution in [0.1, 0.15) is 16.7 Å². The Kier molecular flexibility index (Phi) is 5.60. The summed E-state index contributed by atoms with van der Waals surface area (Å²) in [6.07, 6.45) is -4.90. The molecule has 0 aliphatic rings. The molecular formula is C20H11Cl2F3N2O2. The van der Waals surface area contributed by atoms with Crippen LogP contribution in [-0.2, 0) is 12.7 Å². The quantitative estimate of drug-likeness (QED) is 0.589. The molecule has 1 N–H and O–H groups in total. The molecule has 3 aromatic rings. The fraction of sp³-hybridized carbons (Fsp3) is 0.100. The van der Waals surface area contributed by atoms with Gasteiger partial charge in [0.2, 0.25) is 0 Å². The topological polar surface area (TPSA) is 66.0 Å². The lowest BCUT2D eigenvalue weighted by Crippen LogP contribution is -2.28. The van der Waals surface area contributed by atoms with Crippen LogP contribution in [0.15, 0.2) is 53.3 Å². The molecule has 9 heteroatoms. The highest BCUT2D eigenvalue weighted by molar-refractivity contribution is 6.35. The lowest BCUT2D eigenvalue weighted by Gasteiger charge is -2.18. The number of hydrogen-bond acceptors (Lipinski definition) is 3. The minimum atomic E-state index is -4.90. The van der Waals surface area contributed by atoms with Crippen LogP contribution < -0.4 is 5.56 Å². The molecule has 0 unspecified atom stereocenters. The second kappa shape index (κ2) is 7.82. The van der Waals surface area contributed by atoms with Gasteiger partial charge in [-0.3, -0.25) is 4.79 Å². The van der Waals surface area contributed by atoms with Gasteiger partial charge in [0, 0.05) is 10.0 Å². The molecule has 0 spiro atoms. The Labute approximate surface area is 173 Å². The Bertz CT molecular complexity index is 1180. The number of hydrogen-bond donors (Lipinski definition) is 1. The van der Waals surface area contributed by atoms with E-state index in [0.29, 0.717) is 10.6 Å². The third-order valence-electron chi connectivity index (χ3n) is 4.22. The molecule has 0 atom stereocenters. The maximum Gasteiger partial charge on any atom is 0.417 e. The number of benzene rings is 2. The zero-order valence-corrected chi connectivity index (χ0v) is 16.0. The zero-order valence-electron chi connectivity index (χ0n) is 14.5. The highest BCUT2D eigenvalue weighted by Gasteiger charge is 2.36. The van der Waals surface area contributed by atoms with E-state index in [4.69, 9.17) is 23.2 Å². The molecule has 0 saturated heterocycles. The van der Waals surface area contributed by atoms with E-state index in [2.05, 4.69) is 0 Å². The first kappa shape index (κ1) is 20.8. The van der Waals surface area contributed by atoms with E-state index in [9.17, 15) is 28.3 Å². The second-order valence-corrected chi connectivity index (χ2v) is 6.95. The summed E-state index contributed by atoms with van der Waals surface area (Å²) in [5.74, 6) is -0.0897. The largest absolute Gasteiger partial charge is 0.508 e. The van der Waals surface area contributed by atoms with Crippen LogP contribution in [-0.4, -0.2) is 9.67 Å². The van der Waals surface area contributed by atoms with Crippen LogP contribution in [0.25, 0.3) is 11.3 Å². The van der Waals surface area contributed by atoms with Gasteiger partial charge < -0.3 is 9.67 Å². The Balaban J connectivity index is 2.31. The number of pyridine rings is 1. The van der Waals surface area contributed by atoms with E-state index in [1.165, 1.54) is 42.5 Å². The van der Waals surface area contributed by atoms with Gasteiger partial charge >= 0.3 is 6.18 Å². The highest BCUT2D eigenvalue weighted by Crippen LogP contribution is 2.34. The van der Waals surface area contributed by atoms with Crippen LogP contribution in [0.3, 0.4) is 0 Å². The average molecular weight is 439 g/mol. The fourth-order valence-electron chi connectivity index (χ4n) is 2.83. The van der Waals surface area contributed by atoms with E-state index in [1.807, 2.05) is 0 Å². The standard InChI is InChI=1S/C20H11Cl2F3N2O2/c21-13-4-1-12(17(22)7-13)10-27-18(11-2-5-14(28)6-3-11)8-16(20(23,24)25)15(9-26)19(27)29/h1-8,28H,10H2. The third-order valence-corrected chi connectivity index (χ3v) is 4.81. The Morgan fingerprint density at radius 2 is 1.72 bits per heavy atom. The van der Waals surface area contributed by atoms with Crippen LogP contribution in [0.4, 0.5) is 13.2 Å². The van der Waals surface area contributed by atoms with Gasteiger partial charge in [-0.05, 0) is 53.6 Å². The number of aromatic hydroxyl groups is 1. The number of phenolic OH excluding ortho intramolecular Hbond substituents is 1. The molecule has 0 fully saturated rings. The molecule has 0 bridgehead atoms. The summed E-state index contributed by atoms with van der Waals surface area (Å²) >= 11 is 12.0.